The van der Waals surface area contributed by atoms with E-state index in [1.54, 1.807) is 6.07 Å². The molecule has 0 aromatic heterocycles. The van der Waals surface area contributed by atoms with Gasteiger partial charge in [0.15, 0.2) is 0 Å². The molecule has 1 amide bonds. The molecule has 0 aliphatic carbocycles. The summed E-state index contributed by atoms with van der Waals surface area (Å²) < 4.78 is 0.668. The van der Waals surface area contributed by atoms with Gasteiger partial charge in [-0.1, -0.05) is 18.2 Å². The van der Waals surface area contributed by atoms with Gasteiger partial charge in [0.05, 0.1) is 10.5 Å². The third-order valence-corrected chi connectivity index (χ3v) is 4.07. The topological polar surface area (TPSA) is 72.2 Å². The number of nitrogens with one attached hydrogen (secondary N) is 1. The first-order valence-electron chi connectivity index (χ1n) is 6.21. The zero-order valence-electron chi connectivity index (χ0n) is 11.5. The average molecular weight is 396 g/mol. The van der Waals surface area contributed by atoms with E-state index >= 15 is 0 Å². The maximum Gasteiger partial charge on any atom is 0.270 e. The van der Waals surface area contributed by atoms with Gasteiger partial charge < -0.3 is 5.32 Å². The second-order valence-electron chi connectivity index (χ2n) is 4.64. The van der Waals surface area contributed by atoms with Crippen LogP contribution >= 0.6 is 22.6 Å². The van der Waals surface area contributed by atoms with Crippen molar-refractivity contribution in [3.05, 3.63) is 66.8 Å². The number of halogens is 1. The fourth-order valence-corrected chi connectivity index (χ4v) is 2.57. The average Bonchev–Trinajstić information content (AvgIpc) is 2.43. The van der Waals surface area contributed by atoms with Crippen LogP contribution in [-0.2, 0) is 0 Å². The van der Waals surface area contributed by atoms with Crippen molar-refractivity contribution >= 4 is 39.9 Å². The van der Waals surface area contributed by atoms with Crippen molar-refractivity contribution in [2.75, 3.05) is 5.32 Å². The molecule has 2 aromatic rings. The first-order valence-corrected chi connectivity index (χ1v) is 7.29. The number of nitro groups is 1. The summed E-state index contributed by atoms with van der Waals surface area (Å²) >= 11 is 1.99. The molecule has 5 nitrogen and oxygen atoms in total. The van der Waals surface area contributed by atoms with Crippen LogP contribution in [0.2, 0.25) is 0 Å². The highest BCUT2D eigenvalue weighted by Crippen LogP contribution is 2.23. The second-order valence-corrected chi connectivity index (χ2v) is 5.80. The Morgan fingerprint density at radius 3 is 2.38 bits per heavy atom. The second kappa shape index (κ2) is 6.21. The van der Waals surface area contributed by atoms with Gasteiger partial charge in [-0.2, -0.15) is 0 Å². The Hall–Kier alpha value is -1.96. The number of benzene rings is 2. The van der Waals surface area contributed by atoms with E-state index in [1.807, 2.05) is 54.6 Å². The highest BCUT2D eigenvalue weighted by atomic mass is 127. The molecule has 0 saturated heterocycles. The number of hydrogen-bond acceptors (Lipinski definition) is 3. The number of amides is 1. The van der Waals surface area contributed by atoms with Gasteiger partial charge in [-0.3, -0.25) is 14.9 Å². The fourth-order valence-electron chi connectivity index (χ4n) is 1.99. The summed E-state index contributed by atoms with van der Waals surface area (Å²) in [4.78, 5) is 22.7. The number of carbonyl (C=O) groups is 1. The lowest BCUT2D eigenvalue weighted by Crippen LogP contribution is -2.15. The minimum absolute atomic E-state index is 0.0953. The standard InChI is InChI=1S/C15H13IN2O3/c1-9-4-3-5-10(2)14(9)17-15(19)12-8-11(18(20)21)6-7-13(12)16/h3-8H,1-2H3,(H,17,19). The largest absolute Gasteiger partial charge is 0.321 e. The van der Waals surface area contributed by atoms with Gasteiger partial charge in [-0.25, -0.2) is 0 Å². The fraction of sp³-hybridized carbons (Fsp3) is 0.133. The number of non-ortho nitro benzene ring substituents is 1. The lowest BCUT2D eigenvalue weighted by Gasteiger charge is -2.12. The van der Waals surface area contributed by atoms with Crippen LogP contribution in [-0.4, -0.2) is 10.8 Å². The number of hydrogen-bond donors (Lipinski definition) is 1. The smallest absolute Gasteiger partial charge is 0.270 e. The number of nitro benzene ring substituents is 1. The highest BCUT2D eigenvalue weighted by molar-refractivity contribution is 14.1. The van der Waals surface area contributed by atoms with E-state index < -0.39 is 4.92 Å². The van der Waals surface area contributed by atoms with E-state index in [0.29, 0.717) is 9.13 Å². The van der Waals surface area contributed by atoms with Gasteiger partial charge >= 0.3 is 0 Å². The maximum absolute atomic E-state index is 12.4. The Morgan fingerprint density at radius 2 is 1.81 bits per heavy atom. The monoisotopic (exact) mass is 396 g/mol. The zero-order valence-corrected chi connectivity index (χ0v) is 13.7. The van der Waals surface area contributed by atoms with E-state index in [-0.39, 0.29) is 11.6 Å². The predicted molar refractivity (Wildman–Crippen MR) is 89.7 cm³/mol. The van der Waals surface area contributed by atoms with Gasteiger partial charge in [0, 0.05) is 21.4 Å². The highest BCUT2D eigenvalue weighted by Gasteiger charge is 2.16. The Kier molecular flexibility index (Phi) is 4.56. The number of carbonyl (C=O) groups excluding carboxylic acids is 1. The van der Waals surface area contributed by atoms with Gasteiger partial charge in [0.2, 0.25) is 0 Å². The van der Waals surface area contributed by atoms with Gasteiger partial charge in [0.1, 0.15) is 0 Å². The van der Waals surface area contributed by atoms with Crippen LogP contribution in [0.3, 0.4) is 0 Å². The van der Waals surface area contributed by atoms with Crippen molar-refractivity contribution in [2.45, 2.75) is 13.8 Å². The summed E-state index contributed by atoms with van der Waals surface area (Å²) in [6.07, 6.45) is 0. The first-order chi connectivity index (χ1) is 9.90. The van der Waals surface area contributed by atoms with Crippen molar-refractivity contribution in [3.8, 4) is 0 Å². The number of aryl methyl sites for hydroxylation is 2. The first kappa shape index (κ1) is 15.4. The van der Waals surface area contributed by atoms with Gasteiger partial charge in [-0.15, -0.1) is 0 Å². The van der Waals surface area contributed by atoms with E-state index in [9.17, 15) is 14.9 Å². The molecule has 0 bridgehead atoms. The molecule has 108 valence electrons. The van der Waals surface area contributed by atoms with Crippen molar-refractivity contribution in [1.29, 1.82) is 0 Å². The molecule has 0 aliphatic rings. The SMILES string of the molecule is Cc1cccc(C)c1NC(=O)c1cc([N+](=O)[O-])ccc1I. The van der Waals surface area contributed by atoms with Crippen molar-refractivity contribution in [3.63, 3.8) is 0 Å². The van der Waals surface area contributed by atoms with E-state index in [1.165, 1.54) is 12.1 Å². The molecular formula is C15H13IN2O3. The molecule has 0 heterocycles. The maximum atomic E-state index is 12.4. The zero-order chi connectivity index (χ0) is 15.6. The molecule has 2 aromatic carbocycles. The molecule has 0 aliphatic heterocycles. The molecule has 6 heteroatoms. The minimum atomic E-state index is -0.508. The molecule has 0 radical (unpaired) electrons. The van der Waals surface area contributed by atoms with Crippen molar-refractivity contribution in [2.24, 2.45) is 0 Å². The molecule has 21 heavy (non-hydrogen) atoms. The van der Waals surface area contributed by atoms with Crippen LogP contribution < -0.4 is 5.32 Å². The van der Waals surface area contributed by atoms with E-state index in [0.717, 1.165) is 16.8 Å². The number of nitrogens with zero attached hydrogens (tertiary/aromatic N) is 1. The summed E-state index contributed by atoms with van der Waals surface area (Å²) in [6.45, 7) is 3.81. The molecule has 0 spiro atoms. The van der Waals surface area contributed by atoms with Gasteiger partial charge in [-0.05, 0) is 53.6 Å². The molecule has 0 fully saturated rings. The van der Waals surface area contributed by atoms with E-state index in [4.69, 9.17) is 0 Å². The van der Waals surface area contributed by atoms with Crippen LogP contribution in [0, 0.1) is 27.5 Å². The van der Waals surface area contributed by atoms with Crippen molar-refractivity contribution < 1.29 is 9.72 Å². The third-order valence-electron chi connectivity index (χ3n) is 3.13. The molecule has 1 N–H and O–H groups in total. The summed E-state index contributed by atoms with van der Waals surface area (Å²) in [5.74, 6) is -0.347. The molecule has 0 atom stereocenters. The quantitative estimate of drug-likeness (QED) is 0.483. The molecule has 2 rings (SSSR count). The van der Waals surface area contributed by atoms with Crippen LogP contribution in [0.1, 0.15) is 21.5 Å². The lowest BCUT2D eigenvalue weighted by molar-refractivity contribution is -0.384. The van der Waals surface area contributed by atoms with Gasteiger partial charge in [0.25, 0.3) is 11.6 Å². The van der Waals surface area contributed by atoms with Crippen LogP contribution in [0.4, 0.5) is 11.4 Å². The summed E-state index contributed by atoms with van der Waals surface area (Å²) in [7, 11) is 0. The lowest BCUT2D eigenvalue weighted by atomic mass is 10.1. The predicted octanol–water partition coefficient (Wildman–Crippen LogP) is 4.07. The number of rotatable bonds is 3. The number of anilines is 1. The third kappa shape index (κ3) is 3.38. The Balaban J connectivity index is 2.37. The minimum Gasteiger partial charge on any atom is -0.321 e. The molecular weight excluding hydrogens is 383 g/mol. The summed E-state index contributed by atoms with van der Waals surface area (Å²) in [6, 6.07) is 9.97. The van der Waals surface area contributed by atoms with Crippen LogP contribution in [0.15, 0.2) is 36.4 Å². The summed E-state index contributed by atoms with van der Waals surface area (Å²) in [5.41, 5.74) is 2.84. The van der Waals surface area contributed by atoms with Crippen LogP contribution in [0.5, 0.6) is 0 Å². The van der Waals surface area contributed by atoms with E-state index in [2.05, 4.69) is 5.32 Å². The molecule has 0 saturated carbocycles. The normalized spacial score (nSPS) is 10.2. The van der Waals surface area contributed by atoms with Crippen molar-refractivity contribution in [1.82, 2.24) is 0 Å². The Morgan fingerprint density at radius 1 is 1.19 bits per heavy atom. The Bertz CT molecular complexity index is 709. The molecule has 0 unspecified atom stereocenters. The van der Waals surface area contributed by atoms with Crippen LogP contribution in [0.25, 0.3) is 0 Å². The Labute approximate surface area is 135 Å². The number of para-hydroxylation sites is 1. The summed E-state index contributed by atoms with van der Waals surface area (Å²) in [5, 5.41) is 13.7.